The number of rotatable bonds is 2. The van der Waals surface area contributed by atoms with Crippen LogP contribution < -0.4 is 10.5 Å². The second-order valence-electron chi connectivity index (χ2n) is 5.26. The maximum absolute atomic E-state index is 9.53. The first kappa shape index (κ1) is 14.4. The Morgan fingerprint density at radius 2 is 2.04 bits per heavy atom. The Labute approximate surface area is 142 Å². The van der Waals surface area contributed by atoms with Gasteiger partial charge in [-0.3, -0.25) is 5.10 Å². The van der Waals surface area contributed by atoms with Gasteiger partial charge < -0.3 is 14.9 Å². The molecule has 4 rings (SSSR count). The summed E-state index contributed by atoms with van der Waals surface area (Å²) < 4.78 is 11.0. The van der Waals surface area contributed by atoms with E-state index < -0.39 is 5.92 Å². The summed E-state index contributed by atoms with van der Waals surface area (Å²) in [6.07, 6.45) is 1.55. The summed E-state index contributed by atoms with van der Waals surface area (Å²) in [5, 5.41) is 17.3. The summed E-state index contributed by atoms with van der Waals surface area (Å²) in [5.41, 5.74) is 8.48. The van der Waals surface area contributed by atoms with Crippen LogP contribution in [0.1, 0.15) is 17.2 Å². The number of hydrogen-bond acceptors (Lipinski definition) is 5. The summed E-state index contributed by atoms with van der Waals surface area (Å²) in [6, 6.07) is 13.0. The molecule has 0 bridgehead atoms. The number of halogens is 1. The molecule has 1 unspecified atom stereocenters. The minimum absolute atomic E-state index is 0.0283. The molecule has 0 saturated carbocycles. The molecule has 3 heterocycles. The van der Waals surface area contributed by atoms with Crippen molar-refractivity contribution < 1.29 is 9.15 Å². The van der Waals surface area contributed by atoms with Crippen molar-refractivity contribution in [3.8, 4) is 23.2 Å². The molecule has 7 heteroatoms. The standard InChI is InChI=1S/C17H11ClN4O2/c18-10-5-3-9(4-6-10)15-14-13(12-2-1-7-23-12)11(8-19)16(20)24-17(14)22-21-15/h1-7,13H,20H2,(H,21,22). The largest absolute Gasteiger partial charge is 0.468 e. The average Bonchev–Trinajstić information content (AvgIpc) is 3.24. The van der Waals surface area contributed by atoms with Crippen LogP contribution in [0, 0.1) is 11.3 Å². The molecular formula is C17H11ClN4O2. The summed E-state index contributed by atoms with van der Waals surface area (Å²) in [7, 11) is 0. The van der Waals surface area contributed by atoms with Gasteiger partial charge in [-0.25, -0.2) is 0 Å². The fourth-order valence-electron chi connectivity index (χ4n) is 2.82. The van der Waals surface area contributed by atoms with E-state index in [0.29, 0.717) is 22.2 Å². The molecule has 0 fully saturated rings. The lowest BCUT2D eigenvalue weighted by Gasteiger charge is -2.22. The maximum atomic E-state index is 9.53. The van der Waals surface area contributed by atoms with Crippen LogP contribution >= 0.6 is 11.6 Å². The Morgan fingerprint density at radius 3 is 2.71 bits per heavy atom. The summed E-state index contributed by atoms with van der Waals surface area (Å²) in [5.74, 6) is 0.465. The second-order valence-corrected chi connectivity index (χ2v) is 5.70. The first-order chi connectivity index (χ1) is 11.7. The highest BCUT2D eigenvalue weighted by molar-refractivity contribution is 6.30. The molecule has 0 aliphatic carbocycles. The number of nitriles is 1. The fraction of sp³-hybridized carbons (Fsp3) is 0.0588. The zero-order chi connectivity index (χ0) is 16.7. The predicted octanol–water partition coefficient (Wildman–Crippen LogP) is 3.54. The van der Waals surface area contributed by atoms with Crippen LogP contribution in [-0.4, -0.2) is 10.2 Å². The number of nitrogens with zero attached hydrogens (tertiary/aromatic N) is 2. The number of ether oxygens (including phenoxy) is 1. The predicted molar refractivity (Wildman–Crippen MR) is 87.0 cm³/mol. The minimum atomic E-state index is -0.488. The molecule has 118 valence electrons. The van der Waals surface area contributed by atoms with Crippen LogP contribution in [0.4, 0.5) is 0 Å². The highest BCUT2D eigenvalue weighted by Gasteiger charge is 2.37. The molecule has 3 aromatic rings. The normalized spacial score (nSPS) is 16.4. The van der Waals surface area contributed by atoms with Gasteiger partial charge in [0.15, 0.2) is 0 Å². The smallest absolute Gasteiger partial charge is 0.244 e. The number of nitrogens with two attached hydrogens (primary N) is 1. The molecule has 0 radical (unpaired) electrons. The molecule has 1 aliphatic heterocycles. The Kier molecular flexibility index (Phi) is 3.29. The first-order valence-corrected chi connectivity index (χ1v) is 7.52. The van der Waals surface area contributed by atoms with E-state index in [9.17, 15) is 5.26 Å². The summed E-state index contributed by atoms with van der Waals surface area (Å²) in [4.78, 5) is 0. The highest BCUT2D eigenvalue weighted by atomic mass is 35.5. The molecule has 1 aliphatic rings. The number of nitrogens with one attached hydrogen (secondary N) is 1. The molecule has 0 saturated heterocycles. The van der Waals surface area contributed by atoms with E-state index in [4.69, 9.17) is 26.5 Å². The van der Waals surface area contributed by atoms with Gasteiger partial charge in [0.2, 0.25) is 11.8 Å². The van der Waals surface area contributed by atoms with Crippen LogP contribution in [-0.2, 0) is 0 Å². The Hall–Kier alpha value is -3.17. The van der Waals surface area contributed by atoms with Crippen LogP contribution in [0.25, 0.3) is 11.3 Å². The van der Waals surface area contributed by atoms with Crippen molar-refractivity contribution >= 4 is 11.6 Å². The number of H-pyrrole nitrogens is 1. The third-order valence-corrected chi connectivity index (χ3v) is 4.15. The maximum Gasteiger partial charge on any atom is 0.244 e. The van der Waals surface area contributed by atoms with E-state index in [-0.39, 0.29) is 11.5 Å². The van der Waals surface area contributed by atoms with Gasteiger partial charge in [0, 0.05) is 10.6 Å². The highest BCUT2D eigenvalue weighted by Crippen LogP contribution is 2.45. The minimum Gasteiger partial charge on any atom is -0.468 e. The molecular weight excluding hydrogens is 328 g/mol. The van der Waals surface area contributed by atoms with Crippen molar-refractivity contribution in [1.29, 1.82) is 5.26 Å². The van der Waals surface area contributed by atoms with Crippen LogP contribution in [0.2, 0.25) is 5.02 Å². The zero-order valence-electron chi connectivity index (χ0n) is 12.3. The van der Waals surface area contributed by atoms with Gasteiger partial charge in [0.25, 0.3) is 0 Å². The van der Waals surface area contributed by atoms with Crippen molar-refractivity contribution in [1.82, 2.24) is 10.2 Å². The van der Waals surface area contributed by atoms with Crippen molar-refractivity contribution in [3.63, 3.8) is 0 Å². The lowest BCUT2D eigenvalue weighted by Crippen LogP contribution is -2.20. The van der Waals surface area contributed by atoms with E-state index in [2.05, 4.69) is 16.3 Å². The van der Waals surface area contributed by atoms with Crippen molar-refractivity contribution in [2.75, 3.05) is 0 Å². The van der Waals surface area contributed by atoms with Crippen LogP contribution in [0.15, 0.2) is 58.5 Å². The number of aromatic nitrogens is 2. The molecule has 3 N–H and O–H groups in total. The number of benzene rings is 1. The number of furan rings is 1. The molecule has 1 atom stereocenters. The third-order valence-electron chi connectivity index (χ3n) is 3.90. The van der Waals surface area contributed by atoms with Gasteiger partial charge >= 0.3 is 0 Å². The van der Waals surface area contributed by atoms with E-state index in [1.807, 2.05) is 12.1 Å². The van der Waals surface area contributed by atoms with E-state index >= 15 is 0 Å². The topological polar surface area (TPSA) is 101 Å². The van der Waals surface area contributed by atoms with Gasteiger partial charge in [-0.05, 0) is 24.3 Å². The molecule has 0 amide bonds. The number of allylic oxidation sites excluding steroid dienone is 1. The third kappa shape index (κ3) is 2.14. The van der Waals surface area contributed by atoms with Crippen molar-refractivity contribution in [2.24, 2.45) is 5.73 Å². The Bertz CT molecular complexity index is 965. The molecule has 6 nitrogen and oxygen atoms in total. The van der Waals surface area contributed by atoms with Gasteiger partial charge in [0.1, 0.15) is 17.4 Å². The van der Waals surface area contributed by atoms with Crippen molar-refractivity contribution in [2.45, 2.75) is 5.92 Å². The molecule has 24 heavy (non-hydrogen) atoms. The van der Waals surface area contributed by atoms with Gasteiger partial charge in [-0.1, -0.05) is 23.7 Å². The zero-order valence-corrected chi connectivity index (χ0v) is 13.0. The summed E-state index contributed by atoms with van der Waals surface area (Å²) >= 11 is 5.96. The molecule has 0 spiro atoms. The van der Waals surface area contributed by atoms with E-state index in [0.717, 1.165) is 11.3 Å². The monoisotopic (exact) mass is 338 g/mol. The summed E-state index contributed by atoms with van der Waals surface area (Å²) in [6.45, 7) is 0. The van der Waals surface area contributed by atoms with E-state index in [1.54, 1.807) is 30.5 Å². The second kappa shape index (κ2) is 5.48. The lowest BCUT2D eigenvalue weighted by molar-refractivity contribution is 0.371. The average molecular weight is 339 g/mol. The molecule has 2 aromatic heterocycles. The SMILES string of the molecule is N#CC1=C(N)Oc2n[nH]c(-c3ccc(Cl)cc3)c2C1c1ccco1. The van der Waals surface area contributed by atoms with Crippen LogP contribution in [0.5, 0.6) is 5.88 Å². The number of aromatic amines is 1. The Morgan fingerprint density at radius 1 is 1.25 bits per heavy atom. The first-order valence-electron chi connectivity index (χ1n) is 7.14. The van der Waals surface area contributed by atoms with Crippen LogP contribution in [0.3, 0.4) is 0 Å². The Balaban J connectivity index is 1.94. The van der Waals surface area contributed by atoms with Gasteiger partial charge in [-0.2, -0.15) is 5.26 Å². The van der Waals surface area contributed by atoms with Gasteiger partial charge in [-0.15, -0.1) is 5.10 Å². The number of fused-ring (bicyclic) bond motifs is 1. The fourth-order valence-corrected chi connectivity index (χ4v) is 2.95. The van der Waals surface area contributed by atoms with E-state index in [1.165, 1.54) is 0 Å². The molecule has 1 aromatic carbocycles. The quantitative estimate of drug-likeness (QED) is 0.744. The number of hydrogen-bond donors (Lipinski definition) is 2. The van der Waals surface area contributed by atoms with Crippen molar-refractivity contribution in [3.05, 3.63) is 70.5 Å². The lowest BCUT2D eigenvalue weighted by atomic mass is 9.86. The van der Waals surface area contributed by atoms with Gasteiger partial charge in [0.05, 0.1) is 23.4 Å².